The van der Waals surface area contributed by atoms with Crippen molar-refractivity contribution in [3.8, 4) is 21.1 Å². The van der Waals surface area contributed by atoms with Gasteiger partial charge in [-0.05, 0) is 80.2 Å². The maximum Gasteiger partial charge on any atom is 0.267 e. The van der Waals surface area contributed by atoms with E-state index in [1.807, 2.05) is 47.8 Å². The Hall–Kier alpha value is -3.62. The largest absolute Gasteiger partial charge is 0.324 e. The summed E-state index contributed by atoms with van der Waals surface area (Å²) < 4.78 is 2.39. The zero-order chi connectivity index (χ0) is 23.9. The number of benzene rings is 2. The average Bonchev–Trinajstić information content (AvgIpc) is 3.49. The highest BCUT2D eigenvalue weighted by molar-refractivity contribution is 7.21. The molecule has 8 heteroatoms. The molecular weight excluding hydrogens is 464 g/mol. The van der Waals surface area contributed by atoms with Gasteiger partial charge in [0.1, 0.15) is 16.2 Å². The summed E-state index contributed by atoms with van der Waals surface area (Å²) in [6.45, 7) is 5.44. The van der Waals surface area contributed by atoms with Gasteiger partial charge in [0.25, 0.3) is 11.5 Å². The maximum atomic E-state index is 13.2. The van der Waals surface area contributed by atoms with Gasteiger partial charge in [-0.1, -0.05) is 12.1 Å². The molecular formula is C26H22N4O2S2. The van der Waals surface area contributed by atoms with Crippen LogP contribution >= 0.6 is 22.7 Å². The Labute approximate surface area is 204 Å². The van der Waals surface area contributed by atoms with Crippen LogP contribution in [0.5, 0.6) is 0 Å². The van der Waals surface area contributed by atoms with Crippen molar-refractivity contribution >= 4 is 44.5 Å². The number of thiazole rings is 1. The molecule has 34 heavy (non-hydrogen) atoms. The predicted octanol–water partition coefficient (Wildman–Crippen LogP) is 5.93. The van der Waals surface area contributed by atoms with Crippen molar-refractivity contribution in [2.24, 2.45) is 0 Å². The van der Waals surface area contributed by atoms with E-state index in [2.05, 4.69) is 29.5 Å². The molecule has 5 rings (SSSR count). The molecule has 0 aliphatic carbocycles. The van der Waals surface area contributed by atoms with Gasteiger partial charge in [-0.3, -0.25) is 9.59 Å². The van der Waals surface area contributed by atoms with Crippen LogP contribution in [-0.2, 0) is 10.3 Å². The number of fused-ring (bicyclic) bond motifs is 1. The van der Waals surface area contributed by atoms with Gasteiger partial charge in [0.2, 0.25) is 0 Å². The number of aryl methyl sites for hydroxylation is 1. The summed E-state index contributed by atoms with van der Waals surface area (Å²) in [5.41, 5.74) is 2.95. The van der Waals surface area contributed by atoms with Gasteiger partial charge >= 0.3 is 0 Å². The minimum absolute atomic E-state index is 0.325. The number of carbonyl (C=O) groups excluding carboxylic acids is 1. The molecule has 0 unspecified atom stereocenters. The number of aromatic nitrogens is 3. The number of hydrogen-bond acceptors (Lipinski definition) is 6. The van der Waals surface area contributed by atoms with Crippen LogP contribution in [0.3, 0.4) is 0 Å². The molecule has 0 radical (unpaired) electrons. The first-order valence-electron chi connectivity index (χ1n) is 10.7. The summed E-state index contributed by atoms with van der Waals surface area (Å²) in [6, 6.07) is 20.8. The molecule has 0 saturated heterocycles. The lowest BCUT2D eigenvalue weighted by Gasteiger charge is -2.25. The fourth-order valence-electron chi connectivity index (χ4n) is 3.60. The number of anilines is 1. The van der Waals surface area contributed by atoms with Gasteiger partial charge in [0.15, 0.2) is 0 Å². The van der Waals surface area contributed by atoms with Gasteiger partial charge in [-0.2, -0.15) is 5.10 Å². The number of amides is 1. The molecule has 3 heterocycles. The van der Waals surface area contributed by atoms with Crippen LogP contribution in [0.2, 0.25) is 0 Å². The summed E-state index contributed by atoms with van der Waals surface area (Å²) in [5.74, 6) is -0.325. The van der Waals surface area contributed by atoms with Gasteiger partial charge < -0.3 is 5.32 Å². The van der Waals surface area contributed by atoms with Crippen molar-refractivity contribution in [2.45, 2.75) is 26.3 Å². The van der Waals surface area contributed by atoms with E-state index in [0.29, 0.717) is 11.4 Å². The van der Waals surface area contributed by atoms with E-state index < -0.39 is 5.54 Å². The van der Waals surface area contributed by atoms with E-state index in [1.165, 1.54) is 27.6 Å². The number of nitrogens with zero attached hydrogens (tertiary/aromatic N) is 3. The molecule has 1 N–H and O–H groups in total. The third-order valence-corrected chi connectivity index (χ3v) is 7.55. The normalized spacial score (nSPS) is 11.6. The number of hydrogen-bond donors (Lipinski definition) is 1. The second-order valence-corrected chi connectivity index (χ2v) is 10.5. The van der Waals surface area contributed by atoms with Crippen LogP contribution in [0.4, 0.5) is 5.69 Å². The summed E-state index contributed by atoms with van der Waals surface area (Å²) in [7, 11) is 0. The van der Waals surface area contributed by atoms with Crippen molar-refractivity contribution < 1.29 is 4.79 Å². The molecule has 0 saturated carbocycles. The molecule has 2 aromatic carbocycles. The molecule has 3 aromatic heterocycles. The van der Waals surface area contributed by atoms with E-state index in [-0.39, 0.29) is 11.5 Å². The van der Waals surface area contributed by atoms with Crippen molar-refractivity contribution in [3.63, 3.8) is 0 Å². The Bertz CT molecular complexity index is 1550. The molecule has 0 bridgehead atoms. The second kappa shape index (κ2) is 8.62. The predicted molar refractivity (Wildman–Crippen MR) is 140 cm³/mol. The van der Waals surface area contributed by atoms with Crippen molar-refractivity contribution in [1.29, 1.82) is 0 Å². The Balaban J connectivity index is 1.37. The van der Waals surface area contributed by atoms with Crippen molar-refractivity contribution in [1.82, 2.24) is 14.8 Å². The zero-order valence-electron chi connectivity index (χ0n) is 18.9. The quantitative estimate of drug-likeness (QED) is 0.334. The molecule has 170 valence electrons. The Morgan fingerprint density at radius 3 is 2.56 bits per heavy atom. The van der Waals surface area contributed by atoms with E-state index in [1.54, 1.807) is 31.3 Å². The molecule has 0 aliphatic heterocycles. The third-order valence-electron chi connectivity index (χ3n) is 5.59. The number of nitrogens with one attached hydrogen (secondary N) is 1. The second-order valence-electron chi connectivity index (χ2n) is 8.53. The van der Waals surface area contributed by atoms with Gasteiger partial charge in [0.05, 0.1) is 15.1 Å². The third kappa shape index (κ3) is 4.18. The van der Waals surface area contributed by atoms with Crippen LogP contribution in [0.1, 0.15) is 19.4 Å². The lowest BCUT2D eigenvalue weighted by Crippen LogP contribution is -2.47. The van der Waals surface area contributed by atoms with Crippen LogP contribution in [0.25, 0.3) is 31.4 Å². The highest BCUT2D eigenvalue weighted by Gasteiger charge is 2.32. The SMILES string of the molecule is Cc1ccc2nc(-c3ccc(NC(=O)C(C)(C)n4nc(-c5cccs5)ccc4=O)cc3)sc2c1. The number of rotatable bonds is 5. The first-order chi connectivity index (χ1) is 16.3. The van der Waals surface area contributed by atoms with Crippen molar-refractivity contribution in [3.05, 3.63) is 88.0 Å². The fraction of sp³-hybridized carbons (Fsp3) is 0.154. The maximum absolute atomic E-state index is 13.2. The Morgan fingerprint density at radius 1 is 1.03 bits per heavy atom. The van der Waals surface area contributed by atoms with E-state index in [4.69, 9.17) is 4.98 Å². The van der Waals surface area contributed by atoms with E-state index in [9.17, 15) is 9.59 Å². The molecule has 0 spiro atoms. The summed E-state index contributed by atoms with van der Waals surface area (Å²) >= 11 is 3.17. The topological polar surface area (TPSA) is 76.9 Å². The number of thiophene rings is 1. The molecule has 6 nitrogen and oxygen atoms in total. The molecule has 0 aliphatic rings. The van der Waals surface area contributed by atoms with Crippen LogP contribution in [0, 0.1) is 6.92 Å². The molecule has 1 amide bonds. The fourth-order valence-corrected chi connectivity index (χ4v) is 5.36. The minimum atomic E-state index is -1.19. The highest BCUT2D eigenvalue weighted by Crippen LogP contribution is 2.31. The van der Waals surface area contributed by atoms with Crippen LogP contribution in [0.15, 0.2) is 76.9 Å². The lowest BCUT2D eigenvalue weighted by molar-refractivity contribution is -0.123. The first-order valence-corrected chi connectivity index (χ1v) is 12.4. The first kappa shape index (κ1) is 22.2. The monoisotopic (exact) mass is 486 g/mol. The summed E-state index contributed by atoms with van der Waals surface area (Å²) in [5, 5.41) is 10.3. The van der Waals surface area contributed by atoms with E-state index >= 15 is 0 Å². The van der Waals surface area contributed by atoms with Crippen LogP contribution in [-0.4, -0.2) is 20.7 Å². The van der Waals surface area contributed by atoms with Gasteiger partial charge in [0, 0.05) is 17.3 Å². The standard InChI is InChI=1S/C26H22N4O2S2/c1-16-6-11-19-22(15-16)34-24(28-19)17-7-9-18(10-8-17)27-25(32)26(2,3)30-23(31)13-12-20(29-30)21-5-4-14-33-21/h4-15H,1-3H3,(H,27,32). The summed E-state index contributed by atoms with van der Waals surface area (Å²) in [6.07, 6.45) is 0. The average molecular weight is 487 g/mol. The molecule has 0 atom stereocenters. The van der Waals surface area contributed by atoms with Crippen LogP contribution < -0.4 is 10.9 Å². The zero-order valence-corrected chi connectivity index (χ0v) is 20.5. The Kier molecular flexibility index (Phi) is 5.63. The minimum Gasteiger partial charge on any atom is -0.324 e. The van der Waals surface area contributed by atoms with E-state index in [0.717, 1.165) is 25.7 Å². The number of carbonyl (C=O) groups is 1. The van der Waals surface area contributed by atoms with Gasteiger partial charge in [-0.25, -0.2) is 9.67 Å². The summed E-state index contributed by atoms with van der Waals surface area (Å²) in [4.78, 5) is 31.4. The Morgan fingerprint density at radius 2 is 1.82 bits per heavy atom. The molecule has 0 fully saturated rings. The van der Waals surface area contributed by atoms with Crippen molar-refractivity contribution in [2.75, 3.05) is 5.32 Å². The highest BCUT2D eigenvalue weighted by atomic mass is 32.1. The molecule has 5 aromatic rings. The smallest absolute Gasteiger partial charge is 0.267 e. The van der Waals surface area contributed by atoms with Gasteiger partial charge in [-0.15, -0.1) is 22.7 Å². The lowest BCUT2D eigenvalue weighted by atomic mass is 10.0.